The fraction of sp³-hybridized carbons (Fsp3) is 0.143. The molecule has 0 bridgehead atoms. The number of pyridine rings is 1. The summed E-state index contributed by atoms with van der Waals surface area (Å²) in [4.78, 5) is 14.7. The molecule has 92 valence electrons. The smallest absolute Gasteiger partial charge is 0.404 e. The minimum atomic E-state index is -0.996. The number of aromatic nitrogens is 1. The summed E-state index contributed by atoms with van der Waals surface area (Å²) >= 11 is 0. The zero-order chi connectivity index (χ0) is 12.8. The Balaban J connectivity index is 2.00. The predicted molar refractivity (Wildman–Crippen MR) is 69.4 cm³/mol. The lowest BCUT2D eigenvalue weighted by atomic mass is 10.1. The first-order valence-electron chi connectivity index (χ1n) is 5.73. The Hall–Kier alpha value is -2.36. The average molecular weight is 242 g/mol. The van der Waals surface area contributed by atoms with Gasteiger partial charge in [0.2, 0.25) is 0 Å². The van der Waals surface area contributed by atoms with Crippen molar-refractivity contribution in [1.82, 2.24) is 10.3 Å². The van der Waals surface area contributed by atoms with Gasteiger partial charge >= 0.3 is 6.09 Å². The summed E-state index contributed by atoms with van der Waals surface area (Å²) in [6.45, 7) is 0.404. The molecule has 0 aliphatic rings. The molecule has 0 unspecified atom stereocenters. The van der Waals surface area contributed by atoms with Gasteiger partial charge in [0.25, 0.3) is 0 Å². The minimum Gasteiger partial charge on any atom is -0.465 e. The van der Waals surface area contributed by atoms with Gasteiger partial charge in [-0.25, -0.2) is 4.79 Å². The second-order valence-corrected chi connectivity index (χ2v) is 3.90. The number of benzene rings is 1. The number of rotatable bonds is 4. The highest BCUT2D eigenvalue weighted by Crippen LogP contribution is 2.16. The fourth-order valence-corrected chi connectivity index (χ4v) is 1.67. The molecule has 0 fully saturated rings. The number of amides is 1. The van der Waals surface area contributed by atoms with Crippen molar-refractivity contribution >= 4 is 6.09 Å². The van der Waals surface area contributed by atoms with Gasteiger partial charge in [-0.05, 0) is 18.1 Å². The predicted octanol–water partition coefficient (Wildman–Crippen LogP) is 2.56. The molecule has 18 heavy (non-hydrogen) atoms. The summed E-state index contributed by atoms with van der Waals surface area (Å²) < 4.78 is 0. The normalized spacial score (nSPS) is 10.0. The number of carbonyl (C=O) groups is 1. The van der Waals surface area contributed by atoms with Crippen molar-refractivity contribution < 1.29 is 9.90 Å². The Morgan fingerprint density at radius 1 is 1.17 bits per heavy atom. The third kappa shape index (κ3) is 3.31. The molecular formula is C14H14N2O2. The summed E-state index contributed by atoms with van der Waals surface area (Å²) in [7, 11) is 0. The number of nitrogens with one attached hydrogen (secondary N) is 1. The van der Waals surface area contributed by atoms with E-state index in [0.29, 0.717) is 13.0 Å². The van der Waals surface area contributed by atoms with Crippen molar-refractivity contribution in [3.05, 3.63) is 54.2 Å². The quantitative estimate of drug-likeness (QED) is 0.866. The molecule has 1 amide bonds. The maximum absolute atomic E-state index is 10.3. The second-order valence-electron chi connectivity index (χ2n) is 3.90. The van der Waals surface area contributed by atoms with Gasteiger partial charge in [0, 0.05) is 18.3 Å². The summed E-state index contributed by atoms with van der Waals surface area (Å²) in [5.41, 5.74) is 3.02. The minimum absolute atomic E-state index is 0.404. The van der Waals surface area contributed by atoms with Crippen LogP contribution in [-0.2, 0) is 6.42 Å². The number of hydrogen-bond donors (Lipinski definition) is 2. The second kappa shape index (κ2) is 5.82. The highest BCUT2D eigenvalue weighted by molar-refractivity contribution is 5.64. The van der Waals surface area contributed by atoms with Gasteiger partial charge in [-0.15, -0.1) is 0 Å². The van der Waals surface area contributed by atoms with Crippen LogP contribution in [0.2, 0.25) is 0 Å². The van der Waals surface area contributed by atoms with Gasteiger partial charge < -0.3 is 10.4 Å². The molecule has 0 spiro atoms. The number of carboxylic acid groups (broad SMARTS) is 1. The molecule has 1 aromatic carbocycles. The molecule has 2 aromatic rings. The topological polar surface area (TPSA) is 62.2 Å². The lowest BCUT2D eigenvalue weighted by molar-refractivity contribution is 0.194. The van der Waals surface area contributed by atoms with Crippen LogP contribution >= 0.6 is 0 Å². The Morgan fingerprint density at radius 2 is 1.94 bits per heavy atom. The zero-order valence-corrected chi connectivity index (χ0v) is 9.84. The van der Waals surface area contributed by atoms with Gasteiger partial charge in [-0.3, -0.25) is 4.98 Å². The van der Waals surface area contributed by atoms with E-state index in [9.17, 15) is 4.79 Å². The summed E-state index contributed by atoms with van der Waals surface area (Å²) in [5.74, 6) is 0. The molecule has 2 rings (SSSR count). The molecule has 1 aromatic heterocycles. The van der Waals surface area contributed by atoms with Crippen LogP contribution in [0.15, 0.2) is 48.7 Å². The average Bonchev–Trinajstić information content (AvgIpc) is 2.40. The number of hydrogen-bond acceptors (Lipinski definition) is 2. The van der Waals surface area contributed by atoms with E-state index in [1.54, 1.807) is 6.20 Å². The van der Waals surface area contributed by atoms with E-state index >= 15 is 0 Å². The third-order valence-electron chi connectivity index (χ3n) is 2.58. The highest BCUT2D eigenvalue weighted by Gasteiger charge is 2.00. The maximum Gasteiger partial charge on any atom is 0.404 e. The monoisotopic (exact) mass is 242 g/mol. The molecule has 0 aliphatic heterocycles. The fourth-order valence-electron chi connectivity index (χ4n) is 1.67. The molecule has 2 N–H and O–H groups in total. The van der Waals surface area contributed by atoms with E-state index < -0.39 is 6.09 Å². The van der Waals surface area contributed by atoms with Crippen LogP contribution in [0, 0.1) is 0 Å². The van der Waals surface area contributed by atoms with E-state index in [1.165, 1.54) is 0 Å². The van der Waals surface area contributed by atoms with Crippen LogP contribution in [0.4, 0.5) is 4.79 Å². The van der Waals surface area contributed by atoms with E-state index in [-0.39, 0.29) is 0 Å². The molecule has 4 nitrogen and oxygen atoms in total. The van der Waals surface area contributed by atoms with Crippen LogP contribution in [0.5, 0.6) is 0 Å². The lowest BCUT2D eigenvalue weighted by Crippen LogP contribution is -2.23. The van der Waals surface area contributed by atoms with Gasteiger partial charge in [-0.1, -0.05) is 36.4 Å². The van der Waals surface area contributed by atoms with Crippen molar-refractivity contribution in [3.63, 3.8) is 0 Å². The van der Waals surface area contributed by atoms with Crippen LogP contribution in [-0.4, -0.2) is 22.7 Å². The summed E-state index contributed by atoms with van der Waals surface area (Å²) in [6.07, 6.45) is 1.43. The van der Waals surface area contributed by atoms with Gasteiger partial charge in [-0.2, -0.15) is 0 Å². The van der Waals surface area contributed by atoms with Gasteiger partial charge in [0.05, 0.1) is 5.69 Å². The maximum atomic E-state index is 10.3. The molecule has 0 radical (unpaired) electrons. The largest absolute Gasteiger partial charge is 0.465 e. The molecule has 1 heterocycles. The number of nitrogens with zero attached hydrogens (tertiary/aromatic N) is 1. The molecule has 0 atom stereocenters. The van der Waals surface area contributed by atoms with Crippen molar-refractivity contribution in [2.45, 2.75) is 6.42 Å². The van der Waals surface area contributed by atoms with Crippen molar-refractivity contribution in [2.75, 3.05) is 6.54 Å². The molecule has 0 saturated carbocycles. The van der Waals surface area contributed by atoms with Crippen molar-refractivity contribution in [1.29, 1.82) is 0 Å². The first-order chi connectivity index (χ1) is 8.75. The Labute approximate surface area is 105 Å². The molecule has 4 heteroatoms. The Morgan fingerprint density at radius 3 is 2.56 bits per heavy atom. The summed E-state index contributed by atoms with van der Waals surface area (Å²) in [5, 5.41) is 10.8. The first kappa shape index (κ1) is 12.1. The highest BCUT2D eigenvalue weighted by atomic mass is 16.4. The molecule has 0 aliphatic carbocycles. The van der Waals surface area contributed by atoms with Crippen LogP contribution in [0.25, 0.3) is 11.3 Å². The van der Waals surface area contributed by atoms with Crippen LogP contribution in [0.3, 0.4) is 0 Å². The van der Waals surface area contributed by atoms with E-state index in [4.69, 9.17) is 5.11 Å². The van der Waals surface area contributed by atoms with Crippen LogP contribution in [0.1, 0.15) is 5.56 Å². The van der Waals surface area contributed by atoms with Crippen molar-refractivity contribution in [2.24, 2.45) is 0 Å². The standard InChI is InChI=1S/C14H14N2O2/c17-14(18)15-9-8-11-6-7-13(16-10-11)12-4-2-1-3-5-12/h1-7,10,15H,8-9H2,(H,17,18). The van der Waals surface area contributed by atoms with E-state index in [1.807, 2.05) is 42.5 Å². The van der Waals surface area contributed by atoms with E-state index in [0.717, 1.165) is 16.8 Å². The van der Waals surface area contributed by atoms with Gasteiger partial charge in [0.1, 0.15) is 0 Å². The van der Waals surface area contributed by atoms with Crippen molar-refractivity contribution in [3.8, 4) is 11.3 Å². The van der Waals surface area contributed by atoms with E-state index in [2.05, 4.69) is 10.3 Å². The lowest BCUT2D eigenvalue weighted by Gasteiger charge is -2.04. The Bertz CT molecular complexity index is 509. The van der Waals surface area contributed by atoms with Crippen LogP contribution < -0.4 is 5.32 Å². The summed E-state index contributed by atoms with van der Waals surface area (Å²) in [6, 6.07) is 13.9. The van der Waals surface area contributed by atoms with Gasteiger partial charge in [0.15, 0.2) is 0 Å². The zero-order valence-electron chi connectivity index (χ0n) is 9.84. The molecular weight excluding hydrogens is 228 g/mol. The molecule has 0 saturated heterocycles. The first-order valence-corrected chi connectivity index (χ1v) is 5.73. The Kier molecular flexibility index (Phi) is 3.91. The third-order valence-corrected chi connectivity index (χ3v) is 2.58. The SMILES string of the molecule is O=C(O)NCCc1ccc(-c2ccccc2)nc1.